The molecule has 6 heteroatoms. The summed E-state index contributed by atoms with van der Waals surface area (Å²) in [6, 6.07) is 7.09. The Kier molecular flexibility index (Phi) is 6.38. The van der Waals surface area contributed by atoms with Crippen LogP contribution < -0.4 is 4.74 Å². The fourth-order valence-corrected chi connectivity index (χ4v) is 2.51. The quantitative estimate of drug-likeness (QED) is 0.612. The van der Waals surface area contributed by atoms with Gasteiger partial charge in [-0.05, 0) is 23.6 Å². The smallest absolute Gasteiger partial charge is 0.119 e. The molecular formula is C17H26O6. The number of benzene rings is 1. The zero-order valence-electron chi connectivity index (χ0n) is 13.5. The molecule has 1 aromatic carbocycles. The predicted molar refractivity (Wildman–Crippen MR) is 84.1 cm³/mol. The van der Waals surface area contributed by atoms with Crippen LogP contribution in [0.25, 0.3) is 0 Å². The van der Waals surface area contributed by atoms with Crippen LogP contribution in [0.15, 0.2) is 24.3 Å². The van der Waals surface area contributed by atoms with Crippen molar-refractivity contribution in [1.29, 1.82) is 0 Å². The Hall–Kier alpha value is -1.18. The highest BCUT2D eigenvalue weighted by molar-refractivity contribution is 5.31. The van der Waals surface area contributed by atoms with Gasteiger partial charge >= 0.3 is 0 Å². The summed E-state index contributed by atoms with van der Waals surface area (Å²) in [6.07, 6.45) is -4.74. The second-order valence-corrected chi connectivity index (χ2v) is 6.15. The molecule has 130 valence electrons. The summed E-state index contributed by atoms with van der Waals surface area (Å²) >= 11 is 0. The van der Waals surface area contributed by atoms with Crippen LogP contribution in [0.4, 0.5) is 0 Å². The Morgan fingerprint density at radius 3 is 2.57 bits per heavy atom. The molecule has 1 aliphatic rings. The Balaban J connectivity index is 2.13. The summed E-state index contributed by atoms with van der Waals surface area (Å²) in [7, 11) is 0. The number of ether oxygens (including phenoxy) is 2. The lowest BCUT2D eigenvalue weighted by molar-refractivity contribution is -0.231. The van der Waals surface area contributed by atoms with E-state index in [1.54, 1.807) is 18.2 Å². The van der Waals surface area contributed by atoms with Crippen LogP contribution in [0.5, 0.6) is 5.75 Å². The van der Waals surface area contributed by atoms with E-state index in [0.29, 0.717) is 23.8 Å². The number of aliphatic hydroxyl groups excluding tert-OH is 4. The van der Waals surface area contributed by atoms with Crippen LogP contribution in [0.3, 0.4) is 0 Å². The largest absolute Gasteiger partial charge is 0.493 e. The van der Waals surface area contributed by atoms with Crippen LogP contribution in [-0.4, -0.2) is 58.1 Å². The Morgan fingerprint density at radius 1 is 1.17 bits per heavy atom. The highest BCUT2D eigenvalue weighted by Gasteiger charge is 2.43. The van der Waals surface area contributed by atoms with Gasteiger partial charge in [0.1, 0.15) is 36.3 Å². The predicted octanol–water partition coefficient (Wildman–Crippen LogP) is 0.626. The van der Waals surface area contributed by atoms with Gasteiger partial charge in [-0.3, -0.25) is 0 Å². The summed E-state index contributed by atoms with van der Waals surface area (Å²) < 4.78 is 11.3. The van der Waals surface area contributed by atoms with E-state index in [1.807, 2.05) is 6.07 Å². The molecule has 4 N–H and O–H groups in total. The van der Waals surface area contributed by atoms with E-state index in [9.17, 15) is 20.4 Å². The summed E-state index contributed by atoms with van der Waals surface area (Å²) in [6.45, 7) is 4.35. The van der Waals surface area contributed by atoms with Crippen LogP contribution in [-0.2, 0) is 4.74 Å². The molecule has 0 bridgehead atoms. The van der Waals surface area contributed by atoms with E-state index in [4.69, 9.17) is 9.47 Å². The zero-order chi connectivity index (χ0) is 17.0. The number of aliphatic hydroxyl groups is 4. The molecule has 1 heterocycles. The highest BCUT2D eigenvalue weighted by Crippen LogP contribution is 2.33. The Bertz CT molecular complexity index is 492. The molecule has 0 amide bonds. The number of rotatable bonds is 6. The van der Waals surface area contributed by atoms with E-state index in [1.165, 1.54) is 0 Å². The van der Waals surface area contributed by atoms with Crippen molar-refractivity contribution in [1.82, 2.24) is 0 Å². The molecule has 1 saturated heterocycles. The molecule has 1 aromatic rings. The van der Waals surface area contributed by atoms with Gasteiger partial charge in [0, 0.05) is 0 Å². The molecule has 0 radical (unpaired) electrons. The molecule has 1 aliphatic heterocycles. The van der Waals surface area contributed by atoms with Crippen molar-refractivity contribution in [2.45, 2.75) is 50.8 Å². The summed E-state index contributed by atoms with van der Waals surface area (Å²) in [5, 5.41) is 39.1. The first-order valence-electron chi connectivity index (χ1n) is 8.01. The molecular weight excluding hydrogens is 300 g/mol. The van der Waals surface area contributed by atoms with Gasteiger partial charge in [0.2, 0.25) is 0 Å². The molecule has 1 fully saturated rings. The number of hydrogen-bond donors (Lipinski definition) is 4. The van der Waals surface area contributed by atoms with Gasteiger partial charge in [-0.25, -0.2) is 0 Å². The van der Waals surface area contributed by atoms with Crippen molar-refractivity contribution in [2.24, 2.45) is 5.92 Å². The third-order valence-electron chi connectivity index (χ3n) is 4.31. The van der Waals surface area contributed by atoms with Gasteiger partial charge in [0.05, 0.1) is 13.2 Å². The second-order valence-electron chi connectivity index (χ2n) is 6.15. The minimum Gasteiger partial charge on any atom is -0.493 e. The van der Waals surface area contributed by atoms with Gasteiger partial charge in [0.25, 0.3) is 0 Å². The van der Waals surface area contributed by atoms with Crippen molar-refractivity contribution >= 4 is 0 Å². The minimum absolute atomic E-state index is 0.436. The first-order valence-corrected chi connectivity index (χ1v) is 8.01. The van der Waals surface area contributed by atoms with E-state index >= 15 is 0 Å². The van der Waals surface area contributed by atoms with E-state index in [-0.39, 0.29) is 0 Å². The molecule has 2 rings (SSSR count). The maximum absolute atomic E-state index is 10.2. The zero-order valence-corrected chi connectivity index (χ0v) is 13.5. The third-order valence-corrected chi connectivity index (χ3v) is 4.31. The van der Waals surface area contributed by atoms with E-state index < -0.39 is 37.1 Å². The van der Waals surface area contributed by atoms with Crippen LogP contribution in [0.2, 0.25) is 0 Å². The average Bonchev–Trinajstić information content (AvgIpc) is 2.58. The average molecular weight is 326 g/mol. The standard InChI is InChI=1S/C17H26O6/c1-3-10(2)9-22-12-6-4-5-11(7-12)17-16(21)15(20)14(19)13(8-18)23-17/h4-7,10,13-21H,3,8-9H2,1-2H3/t10?,13-,14-,15+,16+,17?/m1/s1. The third kappa shape index (κ3) is 4.22. The van der Waals surface area contributed by atoms with Crippen molar-refractivity contribution in [3.8, 4) is 5.75 Å². The summed E-state index contributed by atoms with van der Waals surface area (Å²) in [4.78, 5) is 0. The van der Waals surface area contributed by atoms with Gasteiger partial charge in [-0.15, -0.1) is 0 Å². The Labute approximate surface area is 136 Å². The maximum atomic E-state index is 10.2. The molecule has 0 spiro atoms. The van der Waals surface area contributed by atoms with Crippen molar-refractivity contribution in [2.75, 3.05) is 13.2 Å². The van der Waals surface area contributed by atoms with Crippen LogP contribution >= 0.6 is 0 Å². The molecule has 0 aliphatic carbocycles. The van der Waals surface area contributed by atoms with Gasteiger partial charge in [-0.2, -0.15) is 0 Å². The fourth-order valence-electron chi connectivity index (χ4n) is 2.51. The number of hydrogen-bond acceptors (Lipinski definition) is 6. The first kappa shape index (κ1) is 18.2. The second kappa shape index (κ2) is 8.08. The monoisotopic (exact) mass is 326 g/mol. The van der Waals surface area contributed by atoms with Crippen molar-refractivity contribution < 1.29 is 29.9 Å². The molecule has 0 saturated carbocycles. The highest BCUT2D eigenvalue weighted by atomic mass is 16.5. The van der Waals surface area contributed by atoms with Crippen LogP contribution in [0.1, 0.15) is 31.9 Å². The van der Waals surface area contributed by atoms with E-state index in [2.05, 4.69) is 13.8 Å². The molecule has 23 heavy (non-hydrogen) atoms. The topological polar surface area (TPSA) is 99.4 Å². The molecule has 6 atom stereocenters. The first-order chi connectivity index (χ1) is 11.0. The molecule has 2 unspecified atom stereocenters. The summed E-state index contributed by atoms with van der Waals surface area (Å²) in [5.74, 6) is 1.09. The fraction of sp³-hybridized carbons (Fsp3) is 0.647. The molecule has 0 aromatic heterocycles. The normalized spacial score (nSPS) is 32.5. The van der Waals surface area contributed by atoms with Crippen LogP contribution in [0, 0.1) is 5.92 Å². The lowest BCUT2D eigenvalue weighted by Gasteiger charge is -2.40. The summed E-state index contributed by atoms with van der Waals surface area (Å²) in [5.41, 5.74) is 0.628. The van der Waals surface area contributed by atoms with E-state index in [0.717, 1.165) is 6.42 Å². The lowest BCUT2D eigenvalue weighted by Crippen LogP contribution is -2.55. The van der Waals surface area contributed by atoms with Crippen molar-refractivity contribution in [3.63, 3.8) is 0 Å². The van der Waals surface area contributed by atoms with Gasteiger partial charge in [0.15, 0.2) is 0 Å². The minimum atomic E-state index is -1.38. The van der Waals surface area contributed by atoms with Gasteiger partial charge in [-0.1, -0.05) is 32.4 Å². The van der Waals surface area contributed by atoms with Crippen molar-refractivity contribution in [3.05, 3.63) is 29.8 Å². The molecule has 6 nitrogen and oxygen atoms in total. The van der Waals surface area contributed by atoms with Gasteiger partial charge < -0.3 is 29.9 Å². The Morgan fingerprint density at radius 2 is 1.91 bits per heavy atom. The maximum Gasteiger partial charge on any atom is 0.119 e. The SMILES string of the molecule is CCC(C)COc1cccc(C2O[C@H](CO)[C@@H](O)[C@H](O)[C@@H]2O)c1. The lowest BCUT2D eigenvalue weighted by atomic mass is 9.91.